The van der Waals surface area contributed by atoms with E-state index >= 15 is 0 Å². The molecule has 0 atom stereocenters. The molecule has 0 unspecified atom stereocenters. The van der Waals surface area contributed by atoms with Crippen molar-refractivity contribution in [2.45, 2.75) is 26.2 Å². The molecule has 0 aliphatic heterocycles. The van der Waals surface area contributed by atoms with Crippen LogP contribution in [0.15, 0.2) is 22.7 Å². The number of aryl methyl sites for hydroxylation is 2. The normalized spacial score (nSPS) is 10.1. The molecule has 1 rings (SSSR count). The van der Waals surface area contributed by atoms with Crippen molar-refractivity contribution in [2.75, 3.05) is 0 Å². The molecule has 0 saturated carbocycles. The molecule has 0 aliphatic carbocycles. The van der Waals surface area contributed by atoms with E-state index in [-0.39, 0.29) is 6.42 Å². The summed E-state index contributed by atoms with van der Waals surface area (Å²) in [7, 11) is 0. The first-order valence-corrected chi connectivity index (χ1v) is 5.35. The second kappa shape index (κ2) is 5.15. The first-order valence-electron chi connectivity index (χ1n) is 4.56. The third kappa shape index (κ3) is 3.50. The van der Waals surface area contributed by atoms with E-state index in [4.69, 9.17) is 5.11 Å². The van der Waals surface area contributed by atoms with Crippen LogP contribution in [0.1, 0.15) is 24.0 Å². The number of rotatable bonds is 4. The van der Waals surface area contributed by atoms with E-state index in [1.807, 2.05) is 19.1 Å². The lowest BCUT2D eigenvalue weighted by Gasteiger charge is -2.02. The summed E-state index contributed by atoms with van der Waals surface area (Å²) in [6.07, 6.45) is 1.77. The van der Waals surface area contributed by atoms with Crippen molar-refractivity contribution in [3.63, 3.8) is 0 Å². The van der Waals surface area contributed by atoms with Crippen LogP contribution in [0.3, 0.4) is 0 Å². The maximum absolute atomic E-state index is 10.3. The Morgan fingerprint density at radius 1 is 1.50 bits per heavy atom. The maximum Gasteiger partial charge on any atom is 0.303 e. The van der Waals surface area contributed by atoms with Gasteiger partial charge in [0, 0.05) is 10.9 Å². The minimum atomic E-state index is -0.726. The van der Waals surface area contributed by atoms with Crippen molar-refractivity contribution in [1.82, 2.24) is 0 Å². The quantitative estimate of drug-likeness (QED) is 0.899. The van der Waals surface area contributed by atoms with Gasteiger partial charge in [-0.2, -0.15) is 0 Å². The summed E-state index contributed by atoms with van der Waals surface area (Å²) in [6.45, 7) is 2.03. The fraction of sp³-hybridized carbons (Fsp3) is 0.364. The van der Waals surface area contributed by atoms with E-state index in [9.17, 15) is 4.79 Å². The Labute approximate surface area is 92.1 Å². The highest BCUT2D eigenvalue weighted by Gasteiger charge is 2.00. The van der Waals surface area contributed by atoms with Gasteiger partial charge < -0.3 is 5.11 Å². The number of hydrogen-bond acceptors (Lipinski definition) is 1. The van der Waals surface area contributed by atoms with E-state index in [0.29, 0.717) is 6.42 Å². The zero-order valence-electron chi connectivity index (χ0n) is 8.09. The van der Waals surface area contributed by atoms with Gasteiger partial charge in [0.2, 0.25) is 0 Å². The Kier molecular flexibility index (Phi) is 4.14. The molecule has 0 bridgehead atoms. The number of halogens is 1. The fourth-order valence-electron chi connectivity index (χ4n) is 1.24. The summed E-state index contributed by atoms with van der Waals surface area (Å²) in [5.41, 5.74) is 2.38. The Balaban J connectivity index is 2.51. The van der Waals surface area contributed by atoms with E-state index in [2.05, 4.69) is 22.0 Å². The minimum absolute atomic E-state index is 0.242. The van der Waals surface area contributed by atoms with Gasteiger partial charge >= 0.3 is 5.97 Å². The molecule has 0 saturated heterocycles. The smallest absolute Gasteiger partial charge is 0.303 e. The Hall–Kier alpha value is -0.830. The van der Waals surface area contributed by atoms with Crippen LogP contribution >= 0.6 is 15.9 Å². The highest BCUT2D eigenvalue weighted by atomic mass is 79.9. The van der Waals surface area contributed by atoms with Crippen LogP contribution in [-0.2, 0) is 11.2 Å². The molecule has 0 amide bonds. The van der Waals surface area contributed by atoms with Crippen LogP contribution in [0.5, 0.6) is 0 Å². The van der Waals surface area contributed by atoms with Gasteiger partial charge in [-0.25, -0.2) is 0 Å². The lowest BCUT2D eigenvalue weighted by molar-refractivity contribution is -0.137. The average molecular weight is 257 g/mol. The summed E-state index contributed by atoms with van der Waals surface area (Å²) < 4.78 is 1.09. The third-order valence-electron chi connectivity index (χ3n) is 2.09. The lowest BCUT2D eigenvalue weighted by atomic mass is 10.1. The first kappa shape index (κ1) is 11.2. The van der Waals surface area contributed by atoms with Crippen molar-refractivity contribution in [3.05, 3.63) is 33.8 Å². The number of hydrogen-bond donors (Lipinski definition) is 1. The maximum atomic E-state index is 10.3. The van der Waals surface area contributed by atoms with E-state index in [1.54, 1.807) is 0 Å². The average Bonchev–Trinajstić information content (AvgIpc) is 2.10. The molecule has 0 fully saturated rings. The lowest BCUT2D eigenvalue weighted by Crippen LogP contribution is -1.96. The van der Waals surface area contributed by atoms with E-state index in [0.717, 1.165) is 10.9 Å². The van der Waals surface area contributed by atoms with Gasteiger partial charge in [-0.1, -0.05) is 28.1 Å². The zero-order chi connectivity index (χ0) is 10.6. The van der Waals surface area contributed by atoms with Gasteiger partial charge in [0.25, 0.3) is 0 Å². The molecule has 1 aromatic carbocycles. The summed E-state index contributed by atoms with van der Waals surface area (Å²) in [5.74, 6) is -0.726. The molecule has 3 heteroatoms. The van der Waals surface area contributed by atoms with Crippen molar-refractivity contribution in [2.24, 2.45) is 0 Å². The second-order valence-electron chi connectivity index (χ2n) is 3.33. The van der Waals surface area contributed by atoms with Crippen LogP contribution in [-0.4, -0.2) is 11.1 Å². The molecule has 0 aromatic heterocycles. The SMILES string of the molecule is Cc1ccc(CCCC(=O)O)cc1Br. The van der Waals surface area contributed by atoms with E-state index < -0.39 is 5.97 Å². The molecule has 1 N–H and O–H groups in total. The highest BCUT2D eigenvalue weighted by molar-refractivity contribution is 9.10. The topological polar surface area (TPSA) is 37.3 Å². The third-order valence-corrected chi connectivity index (χ3v) is 2.95. The van der Waals surface area contributed by atoms with E-state index in [1.165, 1.54) is 11.1 Å². The standard InChI is InChI=1S/C11H13BrO2/c1-8-5-6-9(7-10(8)12)3-2-4-11(13)14/h5-7H,2-4H2,1H3,(H,13,14). The predicted octanol–water partition coefficient (Wildman–Crippen LogP) is 3.16. The van der Waals surface area contributed by atoms with Crippen LogP contribution in [0.4, 0.5) is 0 Å². The first-order chi connectivity index (χ1) is 6.59. The largest absolute Gasteiger partial charge is 0.481 e. The Morgan fingerprint density at radius 2 is 2.21 bits per heavy atom. The summed E-state index contributed by atoms with van der Waals surface area (Å²) >= 11 is 3.45. The van der Waals surface area contributed by atoms with Gasteiger partial charge in [-0.3, -0.25) is 4.79 Å². The molecule has 76 valence electrons. The van der Waals surface area contributed by atoms with Gasteiger partial charge in [-0.05, 0) is 37.0 Å². The molecule has 1 aromatic rings. The number of carboxylic acids is 1. The summed E-state index contributed by atoms with van der Waals surface area (Å²) in [6, 6.07) is 6.14. The number of carboxylic acid groups (broad SMARTS) is 1. The van der Waals surface area contributed by atoms with Crippen molar-refractivity contribution in [3.8, 4) is 0 Å². The molecular formula is C11H13BrO2. The molecular weight excluding hydrogens is 244 g/mol. The highest BCUT2D eigenvalue weighted by Crippen LogP contribution is 2.18. The van der Waals surface area contributed by atoms with Crippen molar-refractivity contribution >= 4 is 21.9 Å². The Bertz CT molecular complexity index is 334. The molecule has 2 nitrogen and oxygen atoms in total. The van der Waals surface area contributed by atoms with Crippen LogP contribution in [0.25, 0.3) is 0 Å². The molecule has 0 radical (unpaired) electrons. The van der Waals surface area contributed by atoms with Crippen LogP contribution in [0.2, 0.25) is 0 Å². The molecule has 14 heavy (non-hydrogen) atoms. The number of aliphatic carboxylic acids is 1. The second-order valence-corrected chi connectivity index (χ2v) is 4.19. The van der Waals surface area contributed by atoms with Crippen LogP contribution < -0.4 is 0 Å². The zero-order valence-corrected chi connectivity index (χ0v) is 9.67. The van der Waals surface area contributed by atoms with Gasteiger partial charge in [-0.15, -0.1) is 0 Å². The van der Waals surface area contributed by atoms with Gasteiger partial charge in [0.05, 0.1) is 0 Å². The summed E-state index contributed by atoms with van der Waals surface area (Å²) in [4.78, 5) is 10.3. The van der Waals surface area contributed by atoms with Crippen molar-refractivity contribution in [1.29, 1.82) is 0 Å². The number of carbonyl (C=O) groups is 1. The molecule has 0 spiro atoms. The number of benzene rings is 1. The Morgan fingerprint density at radius 3 is 2.79 bits per heavy atom. The fourth-order valence-corrected chi connectivity index (χ4v) is 1.66. The minimum Gasteiger partial charge on any atom is -0.481 e. The predicted molar refractivity (Wildman–Crippen MR) is 59.5 cm³/mol. The van der Waals surface area contributed by atoms with Gasteiger partial charge in [0.15, 0.2) is 0 Å². The van der Waals surface area contributed by atoms with Gasteiger partial charge in [0.1, 0.15) is 0 Å². The van der Waals surface area contributed by atoms with Crippen molar-refractivity contribution < 1.29 is 9.90 Å². The van der Waals surface area contributed by atoms with Crippen LogP contribution in [0, 0.1) is 6.92 Å². The monoisotopic (exact) mass is 256 g/mol. The molecule has 0 heterocycles. The molecule has 0 aliphatic rings. The summed E-state index contributed by atoms with van der Waals surface area (Å²) in [5, 5.41) is 8.48.